The summed E-state index contributed by atoms with van der Waals surface area (Å²) in [6.45, 7) is 0. The first kappa shape index (κ1) is 17.4. The van der Waals surface area contributed by atoms with E-state index in [0.717, 1.165) is 0 Å². The van der Waals surface area contributed by atoms with Crippen molar-refractivity contribution in [3.8, 4) is 11.4 Å². The summed E-state index contributed by atoms with van der Waals surface area (Å²) in [7, 11) is 0. The van der Waals surface area contributed by atoms with Crippen molar-refractivity contribution < 1.29 is 13.7 Å². The molecule has 0 bridgehead atoms. The maximum Gasteiger partial charge on any atom is 0.236 e. The van der Waals surface area contributed by atoms with Gasteiger partial charge in [0.2, 0.25) is 17.6 Å². The maximum atomic E-state index is 12.9. The summed E-state index contributed by atoms with van der Waals surface area (Å²) in [4.78, 5) is 16.2. The zero-order valence-corrected chi connectivity index (χ0v) is 14.5. The molecule has 1 aromatic heterocycles. The largest absolute Gasteiger partial charge is 0.338 e. The summed E-state index contributed by atoms with van der Waals surface area (Å²) in [5.41, 5.74) is 1.24. The standard InChI is InChI=1S/C17H13ClFN3O2S/c18-13-3-1-2-4-14(13)20-15(23)9-25-10-16-21-17(22-24-16)11-5-7-12(19)8-6-11/h1-8H,9-10H2,(H,20,23). The van der Waals surface area contributed by atoms with Crippen molar-refractivity contribution in [3.05, 3.63) is 65.3 Å². The van der Waals surface area contributed by atoms with E-state index < -0.39 is 0 Å². The topological polar surface area (TPSA) is 68.0 Å². The fourth-order valence-corrected chi connectivity index (χ4v) is 2.84. The van der Waals surface area contributed by atoms with Gasteiger partial charge in [0.25, 0.3) is 0 Å². The molecule has 0 aliphatic carbocycles. The number of rotatable bonds is 6. The normalized spacial score (nSPS) is 10.6. The van der Waals surface area contributed by atoms with E-state index in [1.165, 1.54) is 23.9 Å². The summed E-state index contributed by atoms with van der Waals surface area (Å²) in [6, 6.07) is 12.9. The van der Waals surface area contributed by atoms with Crippen molar-refractivity contribution in [2.24, 2.45) is 0 Å². The van der Waals surface area contributed by atoms with Crippen LogP contribution in [0.1, 0.15) is 5.89 Å². The number of aromatic nitrogens is 2. The molecule has 0 radical (unpaired) electrons. The molecule has 8 heteroatoms. The molecule has 0 saturated heterocycles. The molecule has 0 saturated carbocycles. The second-order valence-electron chi connectivity index (χ2n) is 5.04. The number of nitrogens with one attached hydrogen (secondary N) is 1. The van der Waals surface area contributed by atoms with E-state index in [4.69, 9.17) is 16.1 Å². The third kappa shape index (κ3) is 4.80. The van der Waals surface area contributed by atoms with Gasteiger partial charge >= 0.3 is 0 Å². The molecule has 5 nitrogen and oxygen atoms in total. The van der Waals surface area contributed by atoms with E-state index in [1.807, 2.05) is 0 Å². The number of carbonyl (C=O) groups is 1. The predicted octanol–water partition coefficient (Wildman–Crippen LogP) is 4.40. The van der Waals surface area contributed by atoms with Crippen molar-refractivity contribution >= 4 is 35.0 Å². The average Bonchev–Trinajstić information content (AvgIpc) is 3.06. The van der Waals surface area contributed by atoms with Crippen LogP contribution in [-0.4, -0.2) is 21.8 Å². The number of halogens is 2. The minimum absolute atomic E-state index is 0.170. The van der Waals surface area contributed by atoms with Crippen LogP contribution in [0.3, 0.4) is 0 Å². The fourth-order valence-electron chi connectivity index (χ4n) is 2.01. The SMILES string of the molecule is O=C(CSCc1nc(-c2ccc(F)cc2)no1)Nc1ccccc1Cl. The Labute approximate surface area is 152 Å². The number of thioether (sulfide) groups is 1. The zero-order valence-electron chi connectivity index (χ0n) is 12.9. The highest BCUT2D eigenvalue weighted by Gasteiger charge is 2.10. The number of carbonyl (C=O) groups excluding carboxylic acids is 1. The van der Waals surface area contributed by atoms with Crippen LogP contribution < -0.4 is 5.32 Å². The van der Waals surface area contributed by atoms with Crippen molar-refractivity contribution in [1.82, 2.24) is 10.1 Å². The Morgan fingerprint density at radius 1 is 1.20 bits per heavy atom. The predicted molar refractivity (Wildman–Crippen MR) is 95.9 cm³/mol. The lowest BCUT2D eigenvalue weighted by atomic mass is 10.2. The van der Waals surface area contributed by atoms with E-state index >= 15 is 0 Å². The minimum atomic E-state index is -0.326. The Hall–Kier alpha value is -2.38. The van der Waals surface area contributed by atoms with E-state index in [0.29, 0.717) is 33.7 Å². The first-order valence-corrected chi connectivity index (χ1v) is 8.86. The fraction of sp³-hybridized carbons (Fsp3) is 0.118. The summed E-state index contributed by atoms with van der Waals surface area (Å²) >= 11 is 7.33. The number of hydrogen-bond donors (Lipinski definition) is 1. The minimum Gasteiger partial charge on any atom is -0.338 e. The van der Waals surface area contributed by atoms with Gasteiger partial charge in [-0.1, -0.05) is 28.9 Å². The van der Waals surface area contributed by atoms with E-state index in [9.17, 15) is 9.18 Å². The first-order valence-electron chi connectivity index (χ1n) is 7.32. The molecule has 1 amide bonds. The number of benzene rings is 2. The van der Waals surface area contributed by atoms with Gasteiger partial charge < -0.3 is 9.84 Å². The lowest BCUT2D eigenvalue weighted by Gasteiger charge is -2.05. The second-order valence-corrected chi connectivity index (χ2v) is 6.43. The van der Waals surface area contributed by atoms with E-state index in [2.05, 4.69) is 15.5 Å². The second kappa shape index (κ2) is 8.13. The highest BCUT2D eigenvalue weighted by Crippen LogP contribution is 2.21. The van der Waals surface area contributed by atoms with Crippen molar-refractivity contribution in [3.63, 3.8) is 0 Å². The van der Waals surface area contributed by atoms with Crippen LogP contribution in [0.2, 0.25) is 5.02 Å². The summed E-state index contributed by atoms with van der Waals surface area (Å²) in [5, 5.41) is 7.08. The molecule has 1 N–H and O–H groups in total. The van der Waals surface area contributed by atoms with Crippen LogP contribution in [0.5, 0.6) is 0 Å². The van der Waals surface area contributed by atoms with Gasteiger partial charge in [0, 0.05) is 5.56 Å². The molecule has 0 unspecified atom stereocenters. The number of hydrogen-bond acceptors (Lipinski definition) is 5. The smallest absolute Gasteiger partial charge is 0.236 e. The number of anilines is 1. The Morgan fingerprint density at radius 3 is 2.72 bits per heavy atom. The molecule has 0 aliphatic heterocycles. The number of amides is 1. The molecule has 128 valence electrons. The van der Waals surface area contributed by atoms with Crippen LogP contribution >= 0.6 is 23.4 Å². The van der Waals surface area contributed by atoms with Gasteiger partial charge in [-0.15, -0.1) is 11.8 Å². The Bertz CT molecular complexity index is 870. The third-order valence-electron chi connectivity index (χ3n) is 3.18. The molecule has 3 aromatic rings. The Morgan fingerprint density at radius 2 is 1.96 bits per heavy atom. The van der Waals surface area contributed by atoms with Gasteiger partial charge in [0.1, 0.15) is 5.82 Å². The van der Waals surface area contributed by atoms with Crippen LogP contribution in [0, 0.1) is 5.82 Å². The molecular weight excluding hydrogens is 365 g/mol. The lowest BCUT2D eigenvalue weighted by Crippen LogP contribution is -2.14. The zero-order chi connectivity index (χ0) is 17.6. The molecule has 0 fully saturated rings. The quantitative estimate of drug-likeness (QED) is 0.689. The van der Waals surface area contributed by atoms with Crippen LogP contribution in [0.25, 0.3) is 11.4 Å². The maximum absolute atomic E-state index is 12.9. The summed E-state index contributed by atoms with van der Waals surface area (Å²) < 4.78 is 18.1. The van der Waals surface area contributed by atoms with Crippen molar-refractivity contribution in [1.29, 1.82) is 0 Å². The summed E-state index contributed by atoms with van der Waals surface area (Å²) in [6.07, 6.45) is 0. The summed E-state index contributed by atoms with van der Waals surface area (Å²) in [5.74, 6) is 0.902. The van der Waals surface area contributed by atoms with Gasteiger partial charge in [-0.3, -0.25) is 4.79 Å². The highest BCUT2D eigenvalue weighted by atomic mass is 35.5. The van der Waals surface area contributed by atoms with Crippen molar-refractivity contribution in [2.75, 3.05) is 11.1 Å². The molecule has 0 atom stereocenters. The molecule has 25 heavy (non-hydrogen) atoms. The number of nitrogens with zero attached hydrogens (tertiary/aromatic N) is 2. The Balaban J connectivity index is 1.50. The van der Waals surface area contributed by atoms with Gasteiger partial charge in [-0.2, -0.15) is 4.98 Å². The van der Waals surface area contributed by atoms with Gasteiger partial charge in [0.05, 0.1) is 22.2 Å². The molecule has 0 spiro atoms. The van der Waals surface area contributed by atoms with Gasteiger partial charge in [0.15, 0.2) is 0 Å². The first-order chi connectivity index (χ1) is 12.1. The van der Waals surface area contributed by atoms with Crippen LogP contribution in [0.4, 0.5) is 10.1 Å². The third-order valence-corrected chi connectivity index (χ3v) is 4.42. The van der Waals surface area contributed by atoms with Gasteiger partial charge in [-0.25, -0.2) is 4.39 Å². The van der Waals surface area contributed by atoms with Crippen molar-refractivity contribution in [2.45, 2.75) is 5.75 Å². The highest BCUT2D eigenvalue weighted by molar-refractivity contribution is 7.99. The monoisotopic (exact) mass is 377 g/mol. The van der Waals surface area contributed by atoms with Crippen LogP contribution in [-0.2, 0) is 10.5 Å². The van der Waals surface area contributed by atoms with Gasteiger partial charge in [-0.05, 0) is 36.4 Å². The molecule has 1 heterocycles. The van der Waals surface area contributed by atoms with Crippen LogP contribution in [0.15, 0.2) is 53.1 Å². The average molecular weight is 378 g/mol. The Kier molecular flexibility index (Phi) is 5.67. The molecular formula is C17H13ClFN3O2S. The molecule has 0 aliphatic rings. The van der Waals surface area contributed by atoms with E-state index in [1.54, 1.807) is 36.4 Å². The lowest BCUT2D eigenvalue weighted by molar-refractivity contribution is -0.113. The number of para-hydroxylation sites is 1. The van der Waals surface area contributed by atoms with E-state index in [-0.39, 0.29) is 17.5 Å². The molecule has 2 aromatic carbocycles. The molecule has 3 rings (SSSR count).